The minimum atomic E-state index is 0.288. The molecule has 0 aliphatic rings. The summed E-state index contributed by atoms with van der Waals surface area (Å²) in [4.78, 5) is 0. The third-order valence-electron chi connectivity index (χ3n) is 2.65. The highest BCUT2D eigenvalue weighted by molar-refractivity contribution is 5.69. The Balaban J connectivity index is 2.06. The van der Waals surface area contributed by atoms with Gasteiger partial charge in [0.2, 0.25) is 0 Å². The third kappa shape index (κ3) is 3.47. The maximum atomic E-state index is 9.19. The molecule has 0 bridgehead atoms. The van der Waals surface area contributed by atoms with Crippen molar-refractivity contribution in [3.63, 3.8) is 0 Å². The Morgan fingerprint density at radius 2 is 1.39 bits per heavy atom. The lowest BCUT2D eigenvalue weighted by Crippen LogP contribution is -1.86. The predicted molar refractivity (Wildman–Crippen MR) is 74.2 cm³/mol. The maximum Gasteiger partial charge on any atom is 0.115 e. The lowest BCUT2D eigenvalue weighted by atomic mass is 10.1. The molecule has 1 N–H and O–H groups in total. The summed E-state index contributed by atoms with van der Waals surface area (Å²) < 4.78 is 5.07. The van der Waals surface area contributed by atoms with Crippen molar-refractivity contribution >= 4 is 12.2 Å². The number of benzene rings is 2. The fourth-order valence-corrected chi connectivity index (χ4v) is 1.67. The topological polar surface area (TPSA) is 29.5 Å². The Hall–Kier alpha value is -2.06. The molecule has 92 valence electrons. The van der Waals surface area contributed by atoms with Crippen LogP contribution in [-0.2, 0) is 11.3 Å². The van der Waals surface area contributed by atoms with Crippen molar-refractivity contribution in [3.05, 3.63) is 65.2 Å². The van der Waals surface area contributed by atoms with E-state index >= 15 is 0 Å². The number of ether oxygens (including phenoxy) is 1. The van der Waals surface area contributed by atoms with Crippen LogP contribution in [0.2, 0.25) is 0 Å². The Kier molecular flexibility index (Phi) is 4.15. The van der Waals surface area contributed by atoms with Gasteiger partial charge in [0.25, 0.3) is 0 Å². The molecule has 2 heteroatoms. The van der Waals surface area contributed by atoms with E-state index in [-0.39, 0.29) is 5.75 Å². The third-order valence-corrected chi connectivity index (χ3v) is 2.65. The first-order valence-electron chi connectivity index (χ1n) is 5.83. The summed E-state index contributed by atoms with van der Waals surface area (Å²) in [6, 6.07) is 15.4. The van der Waals surface area contributed by atoms with Crippen molar-refractivity contribution in [2.45, 2.75) is 6.61 Å². The number of rotatable bonds is 4. The monoisotopic (exact) mass is 240 g/mol. The Morgan fingerprint density at radius 3 is 1.89 bits per heavy atom. The van der Waals surface area contributed by atoms with Gasteiger partial charge in [0.15, 0.2) is 0 Å². The molecule has 2 aromatic carbocycles. The van der Waals surface area contributed by atoms with Crippen LogP contribution in [-0.4, -0.2) is 12.2 Å². The molecule has 0 amide bonds. The van der Waals surface area contributed by atoms with E-state index in [1.807, 2.05) is 24.3 Å². The summed E-state index contributed by atoms with van der Waals surface area (Å²) in [6.45, 7) is 0.641. The summed E-state index contributed by atoms with van der Waals surface area (Å²) in [7, 11) is 1.69. The molecule has 0 fully saturated rings. The van der Waals surface area contributed by atoms with Crippen molar-refractivity contribution in [1.29, 1.82) is 0 Å². The molecular formula is C16H16O2. The van der Waals surface area contributed by atoms with E-state index in [9.17, 15) is 5.11 Å². The summed E-state index contributed by atoms with van der Waals surface area (Å²) in [6.07, 6.45) is 4.06. The summed E-state index contributed by atoms with van der Waals surface area (Å²) >= 11 is 0. The molecule has 0 atom stereocenters. The number of aromatic hydroxyl groups is 1. The summed E-state index contributed by atoms with van der Waals surface area (Å²) in [5, 5.41) is 9.19. The molecule has 0 aliphatic carbocycles. The largest absolute Gasteiger partial charge is 0.508 e. The molecule has 0 aliphatic heterocycles. The van der Waals surface area contributed by atoms with E-state index in [4.69, 9.17) is 4.74 Å². The number of hydrogen-bond donors (Lipinski definition) is 1. The Morgan fingerprint density at radius 1 is 0.889 bits per heavy atom. The first-order chi connectivity index (χ1) is 8.78. The Bertz CT molecular complexity index is 510. The van der Waals surface area contributed by atoms with Crippen molar-refractivity contribution in [2.24, 2.45) is 0 Å². The fourth-order valence-electron chi connectivity index (χ4n) is 1.67. The van der Waals surface area contributed by atoms with E-state index in [1.165, 1.54) is 5.56 Å². The zero-order valence-electron chi connectivity index (χ0n) is 10.3. The van der Waals surface area contributed by atoms with Gasteiger partial charge in [-0.05, 0) is 28.8 Å². The molecule has 0 saturated carbocycles. The Labute approximate surface area is 107 Å². The molecule has 0 spiro atoms. The SMILES string of the molecule is COCc1ccc(/C=C/c2ccc(O)cc2)cc1. The highest BCUT2D eigenvalue weighted by Gasteiger charge is 1.92. The zero-order chi connectivity index (χ0) is 12.8. The van der Waals surface area contributed by atoms with Gasteiger partial charge in [-0.3, -0.25) is 0 Å². The second-order valence-electron chi connectivity index (χ2n) is 4.10. The molecule has 2 aromatic rings. The molecule has 2 rings (SSSR count). The van der Waals surface area contributed by atoms with E-state index < -0.39 is 0 Å². The van der Waals surface area contributed by atoms with Crippen molar-refractivity contribution in [3.8, 4) is 5.75 Å². The van der Waals surface area contributed by atoms with Gasteiger partial charge in [-0.1, -0.05) is 48.6 Å². The average molecular weight is 240 g/mol. The van der Waals surface area contributed by atoms with Gasteiger partial charge in [0, 0.05) is 7.11 Å². The van der Waals surface area contributed by atoms with Crippen LogP contribution in [0.1, 0.15) is 16.7 Å². The number of phenolic OH excluding ortho intramolecular Hbond substituents is 1. The molecule has 0 aromatic heterocycles. The summed E-state index contributed by atoms with van der Waals surface area (Å²) in [5.41, 5.74) is 3.37. The zero-order valence-corrected chi connectivity index (χ0v) is 10.3. The molecule has 0 unspecified atom stereocenters. The highest BCUT2D eigenvalue weighted by Crippen LogP contribution is 2.13. The van der Waals surface area contributed by atoms with Crippen LogP contribution in [0.3, 0.4) is 0 Å². The smallest absolute Gasteiger partial charge is 0.115 e. The molecule has 0 radical (unpaired) electrons. The fraction of sp³-hybridized carbons (Fsp3) is 0.125. The van der Waals surface area contributed by atoms with Gasteiger partial charge in [-0.2, -0.15) is 0 Å². The van der Waals surface area contributed by atoms with Crippen LogP contribution >= 0.6 is 0 Å². The van der Waals surface area contributed by atoms with Crippen LogP contribution in [0.15, 0.2) is 48.5 Å². The maximum absolute atomic E-state index is 9.19. The lowest BCUT2D eigenvalue weighted by molar-refractivity contribution is 0.185. The molecule has 18 heavy (non-hydrogen) atoms. The van der Waals surface area contributed by atoms with Crippen LogP contribution in [0.5, 0.6) is 5.75 Å². The quantitative estimate of drug-likeness (QED) is 0.825. The highest BCUT2D eigenvalue weighted by atomic mass is 16.5. The van der Waals surface area contributed by atoms with Crippen LogP contribution in [0.25, 0.3) is 12.2 Å². The average Bonchev–Trinajstić information content (AvgIpc) is 2.40. The molecule has 2 nitrogen and oxygen atoms in total. The normalized spacial score (nSPS) is 10.9. The van der Waals surface area contributed by atoms with Crippen molar-refractivity contribution in [2.75, 3.05) is 7.11 Å². The van der Waals surface area contributed by atoms with Gasteiger partial charge in [-0.25, -0.2) is 0 Å². The van der Waals surface area contributed by atoms with Gasteiger partial charge >= 0.3 is 0 Å². The number of hydrogen-bond acceptors (Lipinski definition) is 2. The lowest BCUT2D eigenvalue weighted by Gasteiger charge is -2.00. The second kappa shape index (κ2) is 6.03. The molecule has 0 heterocycles. The van der Waals surface area contributed by atoms with Crippen molar-refractivity contribution in [1.82, 2.24) is 0 Å². The molecule has 0 saturated heterocycles. The predicted octanol–water partition coefficient (Wildman–Crippen LogP) is 3.71. The summed E-state index contributed by atoms with van der Waals surface area (Å²) in [5.74, 6) is 0.288. The first-order valence-corrected chi connectivity index (χ1v) is 5.83. The van der Waals surface area contributed by atoms with E-state index in [2.05, 4.69) is 24.3 Å². The van der Waals surface area contributed by atoms with Gasteiger partial charge < -0.3 is 9.84 Å². The minimum Gasteiger partial charge on any atom is -0.508 e. The van der Waals surface area contributed by atoms with Gasteiger partial charge in [0.1, 0.15) is 5.75 Å². The minimum absolute atomic E-state index is 0.288. The van der Waals surface area contributed by atoms with Gasteiger partial charge in [-0.15, -0.1) is 0 Å². The second-order valence-corrected chi connectivity index (χ2v) is 4.10. The van der Waals surface area contributed by atoms with Gasteiger partial charge in [0.05, 0.1) is 6.61 Å². The standard InChI is InChI=1S/C16H16O2/c1-18-12-15-6-4-13(5-7-15)2-3-14-8-10-16(17)11-9-14/h2-11,17H,12H2,1H3/b3-2+. The van der Waals surface area contributed by atoms with Crippen LogP contribution < -0.4 is 0 Å². The van der Waals surface area contributed by atoms with E-state index in [0.717, 1.165) is 11.1 Å². The van der Waals surface area contributed by atoms with Crippen molar-refractivity contribution < 1.29 is 9.84 Å². The van der Waals surface area contributed by atoms with Crippen LogP contribution in [0, 0.1) is 0 Å². The van der Waals surface area contributed by atoms with E-state index in [1.54, 1.807) is 19.2 Å². The van der Waals surface area contributed by atoms with Crippen LogP contribution in [0.4, 0.5) is 0 Å². The first kappa shape index (κ1) is 12.4. The van der Waals surface area contributed by atoms with E-state index in [0.29, 0.717) is 6.61 Å². The molecular weight excluding hydrogens is 224 g/mol. The number of phenols is 1. The number of methoxy groups -OCH3 is 1.